The van der Waals surface area contributed by atoms with Gasteiger partial charge < -0.3 is 10.1 Å². The summed E-state index contributed by atoms with van der Waals surface area (Å²) in [4.78, 5) is 13.0. The fourth-order valence-electron chi connectivity index (χ4n) is 3.57. The maximum absolute atomic E-state index is 12.9. The molecule has 1 saturated heterocycles. The number of fused-ring (bicyclic) bond motifs is 1. The summed E-state index contributed by atoms with van der Waals surface area (Å²) in [5, 5.41) is 4.92. The number of ether oxygens (including phenoxy) is 1. The Morgan fingerprint density at radius 3 is 2.41 bits per heavy atom. The van der Waals surface area contributed by atoms with Crippen molar-refractivity contribution in [2.24, 2.45) is 0 Å². The van der Waals surface area contributed by atoms with Crippen molar-refractivity contribution in [3.8, 4) is 5.75 Å². The minimum absolute atomic E-state index is 0.101. The molecule has 0 unspecified atom stereocenters. The first kappa shape index (κ1) is 19.4. The number of benzene rings is 3. The highest BCUT2D eigenvalue weighted by Gasteiger charge is 2.28. The maximum Gasteiger partial charge on any atom is 0.259 e. The molecule has 7 heteroatoms. The van der Waals surface area contributed by atoms with E-state index in [1.54, 1.807) is 0 Å². The first-order valence-corrected chi connectivity index (χ1v) is 10.9. The summed E-state index contributed by atoms with van der Waals surface area (Å²) in [5.74, 6) is -0.0979. The Kier molecular flexibility index (Phi) is 5.25. The van der Waals surface area contributed by atoms with Gasteiger partial charge in [0.15, 0.2) is 0 Å². The zero-order valence-corrected chi connectivity index (χ0v) is 16.9. The van der Waals surface area contributed by atoms with Crippen LogP contribution in [0.15, 0.2) is 65.6 Å². The fraction of sp³-hybridized carbons (Fsp3) is 0.227. The average molecular weight is 410 g/mol. The minimum atomic E-state index is -3.62. The van der Waals surface area contributed by atoms with Crippen LogP contribution in [0, 0.1) is 0 Å². The number of nitrogens with zero attached hydrogens (tertiary/aromatic N) is 1. The highest BCUT2D eigenvalue weighted by atomic mass is 32.2. The van der Waals surface area contributed by atoms with Gasteiger partial charge in [-0.25, -0.2) is 8.42 Å². The number of carbonyl (C=O) groups excluding carboxylic acids is 1. The fourth-order valence-corrected chi connectivity index (χ4v) is 5.11. The van der Waals surface area contributed by atoms with Crippen molar-refractivity contribution in [1.82, 2.24) is 4.31 Å². The third-order valence-electron chi connectivity index (χ3n) is 5.13. The number of hydrogen-bond donors (Lipinski definition) is 1. The lowest BCUT2D eigenvalue weighted by molar-refractivity contribution is 0.102. The van der Waals surface area contributed by atoms with Crippen molar-refractivity contribution < 1.29 is 17.9 Å². The Bertz CT molecular complexity index is 1170. The van der Waals surface area contributed by atoms with Gasteiger partial charge in [-0.05, 0) is 53.9 Å². The molecule has 1 amide bonds. The Morgan fingerprint density at radius 2 is 1.69 bits per heavy atom. The Labute approximate surface area is 170 Å². The molecule has 4 rings (SSSR count). The third kappa shape index (κ3) is 3.83. The first-order chi connectivity index (χ1) is 14.0. The summed E-state index contributed by atoms with van der Waals surface area (Å²) in [7, 11) is -2.17. The molecule has 150 valence electrons. The van der Waals surface area contributed by atoms with Gasteiger partial charge in [0, 0.05) is 18.8 Å². The summed E-state index contributed by atoms with van der Waals surface area (Å²) in [5.41, 5.74) is 0.810. The molecule has 1 heterocycles. The Balaban J connectivity index is 1.66. The molecular formula is C22H22N2O4S. The molecule has 1 N–H and O–H groups in total. The number of rotatable bonds is 5. The number of anilines is 1. The van der Waals surface area contributed by atoms with Gasteiger partial charge in [-0.15, -0.1) is 0 Å². The van der Waals surface area contributed by atoms with Gasteiger partial charge in [-0.1, -0.05) is 30.3 Å². The van der Waals surface area contributed by atoms with Crippen molar-refractivity contribution in [3.63, 3.8) is 0 Å². The first-order valence-electron chi connectivity index (χ1n) is 9.47. The van der Waals surface area contributed by atoms with Crippen LogP contribution in [0.25, 0.3) is 10.8 Å². The molecular weight excluding hydrogens is 388 g/mol. The topological polar surface area (TPSA) is 75.7 Å². The molecule has 0 radical (unpaired) electrons. The molecule has 1 aliphatic heterocycles. The van der Waals surface area contributed by atoms with Crippen LogP contribution in [0.1, 0.15) is 23.2 Å². The van der Waals surface area contributed by atoms with Gasteiger partial charge in [0.1, 0.15) is 5.75 Å². The van der Waals surface area contributed by atoms with Gasteiger partial charge >= 0.3 is 0 Å². The lowest BCUT2D eigenvalue weighted by Crippen LogP contribution is -2.28. The Morgan fingerprint density at radius 1 is 0.966 bits per heavy atom. The molecule has 0 atom stereocenters. The molecule has 0 aromatic heterocycles. The predicted molar refractivity (Wildman–Crippen MR) is 113 cm³/mol. The highest BCUT2D eigenvalue weighted by molar-refractivity contribution is 7.89. The minimum Gasteiger partial charge on any atom is -0.496 e. The van der Waals surface area contributed by atoms with E-state index in [1.807, 2.05) is 42.5 Å². The van der Waals surface area contributed by atoms with Crippen molar-refractivity contribution in [1.29, 1.82) is 0 Å². The van der Waals surface area contributed by atoms with E-state index in [2.05, 4.69) is 5.32 Å². The normalized spacial score (nSPS) is 14.8. The number of nitrogens with one attached hydrogen (secondary N) is 1. The molecule has 1 aliphatic rings. The molecule has 1 fully saturated rings. The van der Waals surface area contributed by atoms with Crippen LogP contribution in [0.4, 0.5) is 5.69 Å². The summed E-state index contributed by atoms with van der Waals surface area (Å²) in [6.07, 6.45) is 1.70. The molecule has 3 aromatic carbocycles. The largest absolute Gasteiger partial charge is 0.496 e. The molecule has 29 heavy (non-hydrogen) atoms. The number of sulfonamides is 1. The number of hydrogen-bond acceptors (Lipinski definition) is 4. The van der Waals surface area contributed by atoms with Crippen molar-refractivity contribution in [2.45, 2.75) is 17.7 Å². The van der Waals surface area contributed by atoms with Crippen LogP contribution in [0.3, 0.4) is 0 Å². The number of methoxy groups -OCH3 is 1. The van der Waals surface area contributed by atoms with E-state index >= 15 is 0 Å². The summed E-state index contributed by atoms with van der Waals surface area (Å²) in [6, 6.07) is 17.9. The summed E-state index contributed by atoms with van der Waals surface area (Å²) >= 11 is 0. The van der Waals surface area contributed by atoms with E-state index in [1.165, 1.54) is 29.6 Å². The smallest absolute Gasteiger partial charge is 0.259 e. The second kappa shape index (κ2) is 7.85. The van der Waals surface area contributed by atoms with Gasteiger partial charge in [0.2, 0.25) is 10.0 Å². The third-order valence-corrected chi connectivity index (χ3v) is 7.02. The molecule has 0 saturated carbocycles. The lowest BCUT2D eigenvalue weighted by Gasteiger charge is -2.17. The van der Waals surface area contributed by atoms with Crippen LogP contribution in [-0.2, 0) is 10.0 Å². The summed E-state index contributed by atoms with van der Waals surface area (Å²) < 4.78 is 32.5. The SMILES string of the molecule is COc1ccc(S(=O)(=O)N2CCCC2)cc1C(=O)Nc1ccc2ccccc2c1. The molecule has 3 aromatic rings. The predicted octanol–water partition coefficient (Wildman–Crippen LogP) is 3.89. The van der Waals surface area contributed by atoms with E-state index in [0.29, 0.717) is 24.5 Å². The van der Waals surface area contributed by atoms with Gasteiger partial charge in [0.05, 0.1) is 17.6 Å². The molecule has 0 spiro atoms. The van der Waals surface area contributed by atoms with Gasteiger partial charge in [0.25, 0.3) is 5.91 Å². The van der Waals surface area contributed by atoms with E-state index in [-0.39, 0.29) is 10.5 Å². The van der Waals surface area contributed by atoms with Crippen LogP contribution >= 0.6 is 0 Å². The van der Waals surface area contributed by atoms with Crippen molar-refractivity contribution in [3.05, 3.63) is 66.2 Å². The molecule has 0 aliphatic carbocycles. The van der Waals surface area contributed by atoms with Crippen molar-refractivity contribution >= 4 is 32.4 Å². The van der Waals surface area contributed by atoms with Crippen LogP contribution in [-0.4, -0.2) is 38.8 Å². The summed E-state index contributed by atoms with van der Waals surface area (Å²) in [6.45, 7) is 1.01. The number of carbonyl (C=O) groups is 1. The maximum atomic E-state index is 12.9. The zero-order chi connectivity index (χ0) is 20.4. The van der Waals surface area contributed by atoms with Crippen LogP contribution < -0.4 is 10.1 Å². The quantitative estimate of drug-likeness (QED) is 0.693. The lowest BCUT2D eigenvalue weighted by atomic mass is 10.1. The van der Waals surface area contributed by atoms with Gasteiger partial charge in [-0.3, -0.25) is 4.79 Å². The van der Waals surface area contributed by atoms with E-state index in [4.69, 9.17) is 4.74 Å². The second-order valence-electron chi connectivity index (χ2n) is 6.99. The van der Waals surface area contributed by atoms with E-state index < -0.39 is 15.9 Å². The van der Waals surface area contributed by atoms with Crippen molar-refractivity contribution in [2.75, 3.05) is 25.5 Å². The van der Waals surface area contributed by atoms with E-state index in [0.717, 1.165) is 23.6 Å². The van der Waals surface area contributed by atoms with Crippen LogP contribution in [0.5, 0.6) is 5.75 Å². The highest BCUT2D eigenvalue weighted by Crippen LogP contribution is 2.28. The van der Waals surface area contributed by atoms with Crippen LogP contribution in [0.2, 0.25) is 0 Å². The average Bonchev–Trinajstić information content (AvgIpc) is 3.29. The number of amides is 1. The van der Waals surface area contributed by atoms with Gasteiger partial charge in [-0.2, -0.15) is 4.31 Å². The monoisotopic (exact) mass is 410 g/mol. The molecule has 0 bridgehead atoms. The Hall–Kier alpha value is -2.90. The zero-order valence-electron chi connectivity index (χ0n) is 16.1. The standard InChI is InChI=1S/C22H22N2O4S/c1-28-21-11-10-19(29(26,27)24-12-4-5-13-24)15-20(21)22(25)23-18-9-8-16-6-2-3-7-17(16)14-18/h2-3,6-11,14-15H,4-5,12-13H2,1H3,(H,23,25). The molecule has 6 nitrogen and oxygen atoms in total. The second-order valence-corrected chi connectivity index (χ2v) is 8.93. The van der Waals surface area contributed by atoms with E-state index in [9.17, 15) is 13.2 Å².